The van der Waals surface area contributed by atoms with E-state index in [1.165, 1.54) is 12.1 Å². The molecular weight excluding hydrogens is 472 g/mol. The molecule has 0 bridgehead atoms. The van der Waals surface area contributed by atoms with Crippen LogP contribution in [0.4, 0.5) is 10.5 Å². The number of carbonyl (C=O) groups excluding carboxylic acids is 3. The fourth-order valence-corrected chi connectivity index (χ4v) is 3.51. The number of amides is 2. The lowest BCUT2D eigenvalue weighted by atomic mass is 10.0. The number of ether oxygens (including phenoxy) is 3. The van der Waals surface area contributed by atoms with Gasteiger partial charge in [0.25, 0.3) is 11.8 Å². The topological polar surface area (TPSA) is 103 Å². The molecule has 0 aromatic heterocycles. The third-order valence-electron chi connectivity index (χ3n) is 5.44. The molecule has 0 heterocycles. The third kappa shape index (κ3) is 8.10. The van der Waals surface area contributed by atoms with E-state index in [0.29, 0.717) is 17.0 Å². The van der Waals surface area contributed by atoms with Crippen LogP contribution in [0.2, 0.25) is 0 Å². The number of para-hydroxylation sites is 1. The third-order valence-corrected chi connectivity index (χ3v) is 5.44. The van der Waals surface area contributed by atoms with E-state index in [2.05, 4.69) is 24.5 Å². The van der Waals surface area contributed by atoms with Gasteiger partial charge < -0.3 is 24.8 Å². The van der Waals surface area contributed by atoms with Crippen LogP contribution in [-0.4, -0.2) is 30.7 Å². The van der Waals surface area contributed by atoms with Crippen molar-refractivity contribution in [2.24, 2.45) is 0 Å². The second-order valence-electron chi connectivity index (χ2n) is 8.63. The zero-order valence-corrected chi connectivity index (χ0v) is 21.4. The molecule has 1 atom stereocenters. The van der Waals surface area contributed by atoms with Crippen LogP contribution in [0.15, 0.2) is 72.8 Å². The summed E-state index contributed by atoms with van der Waals surface area (Å²) in [6, 6.07) is 21.1. The Hall–Kier alpha value is -4.33. The second kappa shape index (κ2) is 13.1. The summed E-state index contributed by atoms with van der Waals surface area (Å²) in [6.45, 7) is 8.02. The Kier molecular flexibility index (Phi) is 9.66. The Labute approximate surface area is 216 Å². The average Bonchev–Trinajstić information content (AvgIpc) is 2.88. The van der Waals surface area contributed by atoms with Crippen LogP contribution in [0, 0.1) is 0 Å². The van der Waals surface area contributed by atoms with Crippen molar-refractivity contribution in [2.45, 2.75) is 46.3 Å². The molecule has 0 fully saturated rings. The van der Waals surface area contributed by atoms with E-state index in [0.717, 1.165) is 11.1 Å². The maximum Gasteiger partial charge on any atom is 0.513 e. The summed E-state index contributed by atoms with van der Waals surface area (Å²) in [7, 11) is 0. The van der Waals surface area contributed by atoms with Crippen LogP contribution in [0.25, 0.3) is 0 Å². The molecule has 3 aromatic carbocycles. The van der Waals surface area contributed by atoms with Gasteiger partial charge in [0.05, 0.1) is 6.61 Å². The minimum atomic E-state index is -0.798. The molecule has 8 nitrogen and oxygen atoms in total. The van der Waals surface area contributed by atoms with E-state index < -0.39 is 12.3 Å². The summed E-state index contributed by atoms with van der Waals surface area (Å²) < 4.78 is 15.7. The Morgan fingerprint density at radius 1 is 0.892 bits per heavy atom. The van der Waals surface area contributed by atoms with E-state index in [-0.39, 0.29) is 36.6 Å². The number of carbonyl (C=O) groups is 3. The van der Waals surface area contributed by atoms with Crippen LogP contribution < -0.4 is 20.1 Å². The standard InChI is InChI=1S/C29H32N2O6/c1-5-35-29(34)37-24-15-13-22(14-16-24)28(33)30-18-21-9-8-10-23(17-21)31-27(32)20(4)36-26-12-7-6-11-25(26)19(2)3/h6-17,19-20H,5,18H2,1-4H3,(H,30,33)(H,31,32). The van der Waals surface area contributed by atoms with Crippen molar-refractivity contribution >= 4 is 23.7 Å². The van der Waals surface area contributed by atoms with Crippen LogP contribution in [0.1, 0.15) is 55.1 Å². The smallest absolute Gasteiger partial charge is 0.481 e. The molecule has 0 aliphatic heterocycles. The Bertz CT molecular complexity index is 1220. The molecule has 0 aliphatic carbocycles. The van der Waals surface area contributed by atoms with Crippen molar-refractivity contribution in [2.75, 3.05) is 11.9 Å². The first-order valence-electron chi connectivity index (χ1n) is 12.1. The van der Waals surface area contributed by atoms with Crippen LogP contribution >= 0.6 is 0 Å². The summed E-state index contributed by atoms with van der Waals surface area (Å²) in [5.41, 5.74) is 2.87. The highest BCUT2D eigenvalue weighted by molar-refractivity contribution is 5.95. The zero-order valence-electron chi connectivity index (χ0n) is 21.4. The first-order chi connectivity index (χ1) is 17.8. The summed E-state index contributed by atoms with van der Waals surface area (Å²) in [5, 5.41) is 5.71. The zero-order chi connectivity index (χ0) is 26.8. The minimum Gasteiger partial charge on any atom is -0.481 e. The number of benzene rings is 3. The van der Waals surface area contributed by atoms with Crippen molar-refractivity contribution in [3.63, 3.8) is 0 Å². The molecule has 0 radical (unpaired) electrons. The lowest BCUT2D eigenvalue weighted by Gasteiger charge is -2.19. The first-order valence-corrected chi connectivity index (χ1v) is 12.1. The molecule has 194 valence electrons. The Balaban J connectivity index is 1.54. The second-order valence-corrected chi connectivity index (χ2v) is 8.63. The van der Waals surface area contributed by atoms with Gasteiger partial charge in [-0.3, -0.25) is 9.59 Å². The fraction of sp³-hybridized carbons (Fsp3) is 0.276. The van der Waals surface area contributed by atoms with Gasteiger partial charge in [0.2, 0.25) is 0 Å². The van der Waals surface area contributed by atoms with Crippen molar-refractivity contribution in [3.8, 4) is 11.5 Å². The molecular formula is C29H32N2O6. The van der Waals surface area contributed by atoms with Gasteiger partial charge in [0.1, 0.15) is 11.5 Å². The van der Waals surface area contributed by atoms with Gasteiger partial charge in [0.15, 0.2) is 6.10 Å². The molecule has 0 aliphatic rings. The van der Waals surface area contributed by atoms with Crippen LogP contribution in [0.3, 0.4) is 0 Å². The van der Waals surface area contributed by atoms with Crippen molar-refractivity contribution in [1.82, 2.24) is 5.32 Å². The van der Waals surface area contributed by atoms with Gasteiger partial charge in [-0.2, -0.15) is 0 Å². The van der Waals surface area contributed by atoms with Crippen LogP contribution in [0.5, 0.6) is 11.5 Å². The number of rotatable bonds is 10. The highest BCUT2D eigenvalue weighted by Gasteiger charge is 2.17. The molecule has 37 heavy (non-hydrogen) atoms. The first kappa shape index (κ1) is 27.3. The van der Waals surface area contributed by atoms with Gasteiger partial charge >= 0.3 is 6.16 Å². The SMILES string of the molecule is CCOC(=O)Oc1ccc(C(=O)NCc2cccc(NC(=O)C(C)Oc3ccccc3C(C)C)c2)cc1. The van der Waals surface area contributed by atoms with E-state index in [1.807, 2.05) is 30.3 Å². The number of nitrogens with one attached hydrogen (secondary N) is 2. The van der Waals surface area contributed by atoms with Crippen molar-refractivity contribution < 1.29 is 28.6 Å². The van der Waals surface area contributed by atoms with Crippen LogP contribution in [-0.2, 0) is 16.1 Å². The van der Waals surface area contributed by atoms with Crippen molar-refractivity contribution in [3.05, 3.63) is 89.5 Å². The van der Waals surface area contributed by atoms with Gasteiger partial charge in [-0.1, -0.05) is 44.2 Å². The fourth-order valence-electron chi connectivity index (χ4n) is 3.51. The van der Waals surface area contributed by atoms with E-state index in [9.17, 15) is 14.4 Å². The molecule has 3 rings (SSSR count). The molecule has 0 saturated carbocycles. The summed E-state index contributed by atoms with van der Waals surface area (Å²) in [5.74, 6) is 0.684. The van der Waals surface area contributed by atoms with Crippen molar-refractivity contribution in [1.29, 1.82) is 0 Å². The number of hydrogen-bond acceptors (Lipinski definition) is 6. The van der Waals surface area contributed by atoms with Gasteiger partial charge in [0, 0.05) is 17.8 Å². The van der Waals surface area contributed by atoms with Gasteiger partial charge in [-0.25, -0.2) is 4.79 Å². The molecule has 8 heteroatoms. The maximum absolute atomic E-state index is 12.7. The normalized spacial score (nSPS) is 11.4. The molecule has 3 aromatic rings. The molecule has 2 amide bonds. The predicted octanol–water partition coefficient (Wildman–Crippen LogP) is 5.68. The summed E-state index contributed by atoms with van der Waals surface area (Å²) >= 11 is 0. The largest absolute Gasteiger partial charge is 0.513 e. The highest BCUT2D eigenvalue weighted by Crippen LogP contribution is 2.27. The van der Waals surface area contributed by atoms with E-state index >= 15 is 0 Å². The maximum atomic E-state index is 12.7. The quantitative estimate of drug-likeness (QED) is 0.272. The molecule has 2 N–H and O–H groups in total. The average molecular weight is 505 g/mol. The number of hydrogen-bond donors (Lipinski definition) is 2. The van der Waals surface area contributed by atoms with E-state index in [1.54, 1.807) is 44.2 Å². The Morgan fingerprint density at radius 3 is 2.32 bits per heavy atom. The molecule has 0 saturated heterocycles. The summed E-state index contributed by atoms with van der Waals surface area (Å²) in [4.78, 5) is 36.7. The number of anilines is 1. The molecule has 1 unspecified atom stereocenters. The lowest BCUT2D eigenvalue weighted by molar-refractivity contribution is -0.122. The highest BCUT2D eigenvalue weighted by atomic mass is 16.7. The van der Waals surface area contributed by atoms with Gasteiger partial charge in [-0.15, -0.1) is 0 Å². The predicted molar refractivity (Wildman–Crippen MR) is 141 cm³/mol. The van der Waals surface area contributed by atoms with E-state index in [4.69, 9.17) is 14.2 Å². The monoisotopic (exact) mass is 504 g/mol. The lowest BCUT2D eigenvalue weighted by Crippen LogP contribution is -2.30. The summed E-state index contributed by atoms with van der Waals surface area (Å²) in [6.07, 6.45) is -1.49. The molecule has 0 spiro atoms. The minimum absolute atomic E-state index is 0.212. The Morgan fingerprint density at radius 2 is 1.62 bits per heavy atom. The van der Waals surface area contributed by atoms with Gasteiger partial charge in [-0.05, 0) is 73.4 Å².